The molecule has 3 fully saturated rings. The zero-order chi connectivity index (χ0) is 51.4. The van der Waals surface area contributed by atoms with Gasteiger partial charge in [0.25, 0.3) is 0 Å². The summed E-state index contributed by atoms with van der Waals surface area (Å²) in [5, 5.41) is 25.0. The van der Waals surface area contributed by atoms with Crippen molar-refractivity contribution in [1.82, 2.24) is 0 Å². The number of aliphatic hydroxyl groups excluding tert-OH is 1. The highest BCUT2D eigenvalue weighted by molar-refractivity contribution is 6.68. The Morgan fingerprint density at radius 3 is 2.03 bits per heavy atom. The molecular formula is C44H45Cl6F2NO16. The zero-order valence-corrected chi connectivity index (χ0v) is 41.5. The first kappa shape index (κ1) is 54.6. The number of halogens is 8. The van der Waals surface area contributed by atoms with E-state index in [0.29, 0.717) is 6.07 Å². The number of Topliss-reactive ketones (excluding diaryl/α,β-unsaturated/α-hetero) is 1. The smallest absolute Gasteiger partial charge is 0.456 e. The lowest BCUT2D eigenvalue weighted by Crippen LogP contribution is -2.82. The Bertz CT molecular complexity index is 2400. The van der Waals surface area contributed by atoms with Gasteiger partial charge in [-0.05, 0) is 43.2 Å². The number of fused-ring (bicyclic) bond motifs is 5. The van der Waals surface area contributed by atoms with Crippen LogP contribution in [-0.2, 0) is 52.3 Å². The molecule has 378 valence electrons. The highest BCUT2D eigenvalue weighted by atomic mass is 35.6. The van der Waals surface area contributed by atoms with Crippen LogP contribution in [0.2, 0.25) is 0 Å². The molecule has 0 aromatic heterocycles. The summed E-state index contributed by atoms with van der Waals surface area (Å²) >= 11 is 35.1. The van der Waals surface area contributed by atoms with Gasteiger partial charge in [-0.25, -0.2) is 28.0 Å². The number of benzene rings is 2. The first-order valence-corrected chi connectivity index (χ1v) is 23.1. The Balaban J connectivity index is 1.62. The average Bonchev–Trinajstić information content (AvgIpc) is 3.24. The SMILES string of the molecule is CC(=O)O[C@@]12CO[C@@H]1C[C@H](OC(=O)OCC(Cl)(Cl)Cl)[C@@]1(C)C(=O)[C@H](OC(=O)OCC(Cl)(Cl)Cl)C3=C(C)[C@@H](OC(=O)[C@H](O)[C@@H](N)c4ccc(F)cc4F)C[C@@](O)([C@@H](OC(=O)c4ccccc4)[C@H]21)C3(C)C. The number of ketones is 1. The second-order valence-corrected chi connectivity index (χ2v) is 22.8. The Morgan fingerprint density at radius 2 is 1.49 bits per heavy atom. The summed E-state index contributed by atoms with van der Waals surface area (Å²) in [5.74, 6) is -8.82. The second kappa shape index (κ2) is 20.0. The molecule has 6 rings (SSSR count). The first-order chi connectivity index (χ1) is 31.9. The lowest BCUT2D eigenvalue weighted by molar-refractivity contribution is -0.346. The third-order valence-corrected chi connectivity index (χ3v) is 13.8. The van der Waals surface area contributed by atoms with Crippen LogP contribution in [0.3, 0.4) is 0 Å². The molecule has 1 heterocycles. The summed E-state index contributed by atoms with van der Waals surface area (Å²) in [6.07, 6.45) is -16.0. The summed E-state index contributed by atoms with van der Waals surface area (Å²) in [6, 6.07) is 7.71. The number of hydrogen-bond acceptors (Lipinski definition) is 17. The molecule has 0 radical (unpaired) electrons. The predicted molar refractivity (Wildman–Crippen MR) is 239 cm³/mol. The standard InChI is InChI=1S/C44H45Cl6F2NO16/c1-19-25(65-36(58)30(55)29(53)23-12-11-22(51)13-24(23)52)15-42(61)34(68-35(57)21-9-7-6-8-10-21)32-40(5,33(56)31(28(19)39(42,3)4)67-38(60)64-18-44(48,49)50)26(66-37(59)63-17-43(45,46)47)14-27-41(32,16-62-27)69-20(2)54/h6-13,25-27,29-32,34,55,61H,14-18,53H2,1-5H3/t25-,26-,27+,29-,30+,31+,32-,34-,40+,41-,42+/m0/s1. The maximum Gasteiger partial charge on any atom is 0.509 e. The van der Waals surface area contributed by atoms with Crippen molar-refractivity contribution in [2.45, 2.75) is 109 Å². The number of alkyl halides is 6. The number of ether oxygens (including phenoxy) is 8. The Morgan fingerprint density at radius 1 is 0.899 bits per heavy atom. The molecule has 11 atom stereocenters. The lowest BCUT2D eigenvalue weighted by Gasteiger charge is -2.67. The van der Waals surface area contributed by atoms with E-state index >= 15 is 4.79 Å². The summed E-state index contributed by atoms with van der Waals surface area (Å²) < 4.78 is 70.3. The van der Waals surface area contributed by atoms with Gasteiger partial charge in [-0.1, -0.05) is 108 Å². The molecule has 25 heteroatoms. The van der Waals surface area contributed by atoms with Crippen molar-refractivity contribution in [2.24, 2.45) is 22.5 Å². The third kappa shape index (κ3) is 10.7. The number of nitrogens with two attached hydrogens (primary N) is 1. The van der Waals surface area contributed by atoms with Crippen LogP contribution in [0.15, 0.2) is 59.7 Å². The van der Waals surface area contributed by atoms with Crippen molar-refractivity contribution in [1.29, 1.82) is 0 Å². The van der Waals surface area contributed by atoms with E-state index in [4.69, 9.17) is 113 Å². The highest BCUT2D eigenvalue weighted by Crippen LogP contribution is 2.65. The van der Waals surface area contributed by atoms with Crippen LogP contribution in [0.5, 0.6) is 0 Å². The van der Waals surface area contributed by atoms with Gasteiger partial charge in [0.05, 0.1) is 29.5 Å². The molecule has 0 spiro atoms. The number of esters is 3. The van der Waals surface area contributed by atoms with Crippen LogP contribution in [0.1, 0.15) is 69.4 Å². The van der Waals surface area contributed by atoms with E-state index in [9.17, 15) is 43.0 Å². The molecule has 0 amide bonds. The molecule has 2 aromatic rings. The van der Waals surface area contributed by atoms with E-state index in [-0.39, 0.29) is 16.7 Å². The van der Waals surface area contributed by atoms with Crippen LogP contribution in [0, 0.1) is 28.4 Å². The fourth-order valence-electron chi connectivity index (χ4n) is 9.86. The molecular weight excluding hydrogens is 1050 g/mol. The summed E-state index contributed by atoms with van der Waals surface area (Å²) in [4.78, 5) is 85.0. The highest BCUT2D eigenvalue weighted by Gasteiger charge is 2.79. The fraction of sp³-hybridized carbons (Fsp3) is 0.545. The largest absolute Gasteiger partial charge is 0.509 e. The number of carbonyl (C=O) groups is 6. The molecule has 4 aliphatic rings. The quantitative estimate of drug-likeness (QED) is 0.0885. The van der Waals surface area contributed by atoms with E-state index in [1.807, 2.05) is 0 Å². The first-order valence-electron chi connectivity index (χ1n) is 20.8. The van der Waals surface area contributed by atoms with Crippen molar-refractivity contribution < 1.29 is 85.7 Å². The molecule has 3 aliphatic carbocycles. The minimum absolute atomic E-state index is 0.0791. The predicted octanol–water partition coefficient (Wildman–Crippen LogP) is 7.03. The van der Waals surface area contributed by atoms with E-state index in [2.05, 4.69) is 0 Å². The van der Waals surface area contributed by atoms with Crippen molar-refractivity contribution in [2.75, 3.05) is 19.8 Å². The minimum Gasteiger partial charge on any atom is -0.456 e. The fourth-order valence-corrected chi connectivity index (χ4v) is 10.2. The van der Waals surface area contributed by atoms with Gasteiger partial charge in [0.15, 0.2) is 23.6 Å². The molecule has 1 aliphatic heterocycles. The van der Waals surface area contributed by atoms with Gasteiger partial charge in [0, 0.05) is 36.8 Å². The second-order valence-electron chi connectivity index (χ2n) is 17.7. The van der Waals surface area contributed by atoms with Gasteiger partial charge in [0.2, 0.25) is 7.59 Å². The molecule has 2 aromatic carbocycles. The van der Waals surface area contributed by atoms with Gasteiger partial charge in [-0.2, -0.15) is 0 Å². The van der Waals surface area contributed by atoms with Crippen molar-refractivity contribution in [3.8, 4) is 0 Å². The number of carbonyl (C=O) groups excluding carboxylic acids is 6. The molecule has 1 saturated heterocycles. The van der Waals surface area contributed by atoms with Crippen molar-refractivity contribution in [3.05, 3.63) is 82.4 Å². The molecule has 2 saturated carbocycles. The Labute approximate surface area is 422 Å². The van der Waals surface area contributed by atoms with Crippen molar-refractivity contribution >= 4 is 106 Å². The topological polar surface area (TPSA) is 243 Å². The number of rotatable bonds is 11. The monoisotopic (exact) mass is 1090 g/mol. The van der Waals surface area contributed by atoms with E-state index in [1.54, 1.807) is 6.07 Å². The molecule has 17 nitrogen and oxygen atoms in total. The summed E-state index contributed by atoms with van der Waals surface area (Å²) in [5.41, 5.74) is -4.04. The van der Waals surface area contributed by atoms with Crippen LogP contribution >= 0.6 is 69.6 Å². The van der Waals surface area contributed by atoms with Gasteiger partial charge in [0.1, 0.15) is 54.9 Å². The van der Waals surface area contributed by atoms with Gasteiger partial charge < -0.3 is 53.8 Å². The van der Waals surface area contributed by atoms with Gasteiger partial charge in [-0.3, -0.25) is 9.59 Å². The van der Waals surface area contributed by atoms with Gasteiger partial charge in [-0.15, -0.1) is 0 Å². The van der Waals surface area contributed by atoms with Crippen LogP contribution in [0.25, 0.3) is 0 Å². The maximum atomic E-state index is 16.1. The van der Waals surface area contributed by atoms with Crippen LogP contribution < -0.4 is 5.73 Å². The lowest BCUT2D eigenvalue weighted by atomic mass is 9.44. The maximum absolute atomic E-state index is 16.1. The molecule has 4 N–H and O–H groups in total. The Hall–Kier alpha value is -3.76. The molecule has 0 unspecified atom stereocenters. The zero-order valence-electron chi connectivity index (χ0n) is 37.0. The third-order valence-electron chi connectivity index (χ3n) is 13.2. The summed E-state index contributed by atoms with van der Waals surface area (Å²) in [6.45, 7) is 4.03. The normalized spacial score (nSPS) is 30.3. The van der Waals surface area contributed by atoms with E-state index < -0.39 is 164 Å². The van der Waals surface area contributed by atoms with E-state index in [1.165, 1.54) is 52.0 Å². The summed E-state index contributed by atoms with van der Waals surface area (Å²) in [7, 11) is 0. The van der Waals surface area contributed by atoms with Crippen LogP contribution in [-0.4, -0.2) is 121 Å². The van der Waals surface area contributed by atoms with Gasteiger partial charge >= 0.3 is 30.2 Å². The van der Waals surface area contributed by atoms with E-state index in [0.717, 1.165) is 19.1 Å². The minimum atomic E-state index is -2.69. The number of hydrogen-bond donors (Lipinski definition) is 3. The number of aliphatic hydroxyl groups is 2. The Kier molecular flexibility index (Phi) is 15.8. The molecule has 69 heavy (non-hydrogen) atoms. The molecule has 2 bridgehead atoms. The van der Waals surface area contributed by atoms with Crippen LogP contribution in [0.4, 0.5) is 18.4 Å². The average molecular weight is 1090 g/mol. The van der Waals surface area contributed by atoms with Crippen molar-refractivity contribution in [3.63, 3.8) is 0 Å².